The summed E-state index contributed by atoms with van der Waals surface area (Å²) in [6.07, 6.45) is 7.92. The molecule has 232 valence electrons. The van der Waals surface area contributed by atoms with Gasteiger partial charge in [-0.3, -0.25) is 14.9 Å². The third-order valence-electron chi connectivity index (χ3n) is 6.97. The summed E-state index contributed by atoms with van der Waals surface area (Å²) in [5.41, 5.74) is 2.65. The molecule has 46 heavy (non-hydrogen) atoms. The van der Waals surface area contributed by atoms with Crippen molar-refractivity contribution in [2.24, 2.45) is 0 Å². The Morgan fingerprint density at radius 2 is 1.74 bits per heavy atom. The van der Waals surface area contributed by atoms with E-state index in [0.29, 0.717) is 50.2 Å². The minimum Gasteiger partial charge on any atom is -0.493 e. The molecule has 0 radical (unpaired) electrons. The fraction of sp³-hybridized carbons (Fsp3) is 0.152. The highest BCUT2D eigenvalue weighted by atomic mass is 32.1. The molecule has 0 aliphatic rings. The summed E-state index contributed by atoms with van der Waals surface area (Å²) in [5, 5.41) is 20.9. The Bertz CT molecular complexity index is 2190. The number of hydrogen-bond acceptors (Lipinski definition) is 10. The topological polar surface area (TPSA) is 136 Å². The van der Waals surface area contributed by atoms with E-state index in [-0.39, 0.29) is 17.0 Å². The monoisotopic (exact) mass is 636 g/mol. The number of thiazole rings is 1. The third kappa shape index (κ3) is 6.08. The van der Waals surface area contributed by atoms with E-state index in [1.54, 1.807) is 36.2 Å². The van der Waals surface area contributed by atoms with Crippen LogP contribution in [0.15, 0.2) is 77.7 Å². The molecule has 0 aliphatic carbocycles. The first-order chi connectivity index (χ1) is 22.4. The van der Waals surface area contributed by atoms with E-state index in [0.717, 1.165) is 17.7 Å². The second-order valence-electron chi connectivity index (χ2n) is 10.0. The first-order valence-electron chi connectivity index (χ1n) is 14.3. The summed E-state index contributed by atoms with van der Waals surface area (Å²) in [4.78, 5) is 29.6. The lowest BCUT2D eigenvalue weighted by Gasteiger charge is -2.10. The Labute approximate surface area is 266 Å². The number of para-hydroxylation sites is 1. The van der Waals surface area contributed by atoms with Gasteiger partial charge in [-0.1, -0.05) is 48.6 Å². The molecule has 0 atom stereocenters. The number of fused-ring (bicyclic) bond motifs is 1. The van der Waals surface area contributed by atoms with Crippen LogP contribution in [0, 0.1) is 10.1 Å². The molecule has 0 saturated heterocycles. The quantitative estimate of drug-likeness (QED) is 0.135. The molecule has 0 unspecified atom stereocenters. The normalized spacial score (nSPS) is 11.8. The summed E-state index contributed by atoms with van der Waals surface area (Å²) in [6.45, 7) is 2.63. The summed E-state index contributed by atoms with van der Waals surface area (Å²) in [6, 6.07) is 19.7. The maximum atomic E-state index is 13.4. The van der Waals surface area contributed by atoms with Crippen LogP contribution in [0.4, 0.5) is 5.69 Å². The number of ether oxygens (including phenoxy) is 3. The second-order valence-corrected chi connectivity index (χ2v) is 11.0. The van der Waals surface area contributed by atoms with Crippen molar-refractivity contribution in [2.45, 2.75) is 13.3 Å². The number of nitro groups is 1. The van der Waals surface area contributed by atoms with E-state index in [2.05, 4.69) is 10.1 Å². The first-order valence-corrected chi connectivity index (χ1v) is 15.1. The fourth-order valence-electron chi connectivity index (χ4n) is 4.76. The van der Waals surface area contributed by atoms with Gasteiger partial charge in [0, 0.05) is 23.4 Å². The summed E-state index contributed by atoms with van der Waals surface area (Å²) in [7, 11) is 2.97. The van der Waals surface area contributed by atoms with Crippen LogP contribution in [-0.2, 0) is 0 Å². The summed E-state index contributed by atoms with van der Waals surface area (Å²) < 4.78 is 19.7. The van der Waals surface area contributed by atoms with Gasteiger partial charge in [-0.05, 0) is 60.5 Å². The van der Waals surface area contributed by atoms with Crippen molar-refractivity contribution in [3.8, 4) is 34.2 Å². The van der Waals surface area contributed by atoms with E-state index < -0.39 is 4.92 Å². The molecule has 3 aromatic heterocycles. The number of hydrogen-bond donors (Lipinski definition) is 0. The van der Waals surface area contributed by atoms with Crippen LogP contribution in [0.2, 0.25) is 0 Å². The van der Waals surface area contributed by atoms with Gasteiger partial charge in [-0.15, -0.1) is 5.10 Å². The molecule has 3 aromatic carbocycles. The lowest BCUT2D eigenvalue weighted by molar-refractivity contribution is -0.385. The van der Waals surface area contributed by atoms with E-state index in [1.165, 1.54) is 35.1 Å². The van der Waals surface area contributed by atoms with Gasteiger partial charge in [-0.25, -0.2) is 4.68 Å². The maximum absolute atomic E-state index is 13.4. The predicted octanol–water partition coefficient (Wildman–Crippen LogP) is 5.44. The maximum Gasteiger partial charge on any atom is 0.311 e. The zero-order valence-corrected chi connectivity index (χ0v) is 25.9. The van der Waals surface area contributed by atoms with Gasteiger partial charge in [0.05, 0.1) is 36.0 Å². The second kappa shape index (κ2) is 13.0. The standard InChI is InChI=1S/C33H28N6O6S/c1-4-16-45-27-13-10-21(17-28(27)44-3)11-15-30-34-33-38(35-30)32(40)29(46-33)19-23-20-37(24-8-6-5-7-9-24)36-31(23)22-12-14-26(43-2)25(18-22)39(41)42/h5-15,17-20H,4,16H2,1-3H3/b15-11+,29-19-. The fourth-order valence-corrected chi connectivity index (χ4v) is 5.67. The molecule has 0 aliphatic heterocycles. The van der Waals surface area contributed by atoms with Crippen LogP contribution >= 0.6 is 11.3 Å². The molecule has 0 saturated carbocycles. The highest BCUT2D eigenvalue weighted by molar-refractivity contribution is 7.15. The number of rotatable bonds is 11. The van der Waals surface area contributed by atoms with Gasteiger partial charge in [0.25, 0.3) is 5.56 Å². The Hall–Kier alpha value is -5.82. The van der Waals surface area contributed by atoms with Crippen molar-refractivity contribution in [3.05, 3.63) is 115 Å². The van der Waals surface area contributed by atoms with E-state index in [1.807, 2.05) is 61.5 Å². The largest absolute Gasteiger partial charge is 0.493 e. The Kier molecular flexibility index (Phi) is 8.57. The number of nitrogens with zero attached hydrogens (tertiary/aromatic N) is 6. The molecule has 0 N–H and O–H groups in total. The van der Waals surface area contributed by atoms with Crippen LogP contribution < -0.4 is 24.3 Å². The summed E-state index contributed by atoms with van der Waals surface area (Å²) >= 11 is 1.19. The molecule has 0 amide bonds. The third-order valence-corrected chi connectivity index (χ3v) is 7.93. The lowest BCUT2D eigenvalue weighted by atomic mass is 10.1. The minimum absolute atomic E-state index is 0.135. The summed E-state index contributed by atoms with van der Waals surface area (Å²) in [5.74, 6) is 1.81. The molecule has 6 rings (SSSR count). The van der Waals surface area contributed by atoms with Crippen molar-refractivity contribution in [1.82, 2.24) is 24.4 Å². The minimum atomic E-state index is -0.505. The number of methoxy groups -OCH3 is 2. The zero-order chi connectivity index (χ0) is 32.2. The molecule has 6 aromatic rings. The van der Waals surface area contributed by atoms with Gasteiger partial charge < -0.3 is 14.2 Å². The average Bonchev–Trinajstić information content (AvgIpc) is 3.77. The van der Waals surface area contributed by atoms with Crippen molar-refractivity contribution in [1.29, 1.82) is 0 Å². The molecule has 0 bridgehead atoms. The van der Waals surface area contributed by atoms with Crippen molar-refractivity contribution >= 4 is 40.2 Å². The zero-order valence-electron chi connectivity index (χ0n) is 25.1. The molecule has 0 spiro atoms. The van der Waals surface area contributed by atoms with Gasteiger partial charge in [0.2, 0.25) is 4.96 Å². The highest BCUT2D eigenvalue weighted by Crippen LogP contribution is 2.34. The van der Waals surface area contributed by atoms with E-state index >= 15 is 0 Å². The number of benzene rings is 3. The lowest BCUT2D eigenvalue weighted by Crippen LogP contribution is -2.23. The van der Waals surface area contributed by atoms with Crippen LogP contribution in [0.5, 0.6) is 17.2 Å². The molecular weight excluding hydrogens is 608 g/mol. The van der Waals surface area contributed by atoms with Crippen LogP contribution in [0.1, 0.15) is 30.3 Å². The molecular formula is C33H28N6O6S. The molecule has 0 fully saturated rings. The molecule has 12 nitrogen and oxygen atoms in total. The van der Waals surface area contributed by atoms with Crippen molar-refractivity contribution in [2.75, 3.05) is 20.8 Å². The number of nitro benzene ring substituents is 1. The van der Waals surface area contributed by atoms with E-state index in [9.17, 15) is 14.9 Å². The van der Waals surface area contributed by atoms with Gasteiger partial charge in [0.15, 0.2) is 23.1 Å². The van der Waals surface area contributed by atoms with Gasteiger partial charge in [-0.2, -0.15) is 14.6 Å². The van der Waals surface area contributed by atoms with Crippen LogP contribution in [0.3, 0.4) is 0 Å². The Morgan fingerprint density at radius 1 is 0.957 bits per heavy atom. The van der Waals surface area contributed by atoms with Crippen molar-refractivity contribution in [3.63, 3.8) is 0 Å². The van der Waals surface area contributed by atoms with E-state index in [4.69, 9.17) is 19.3 Å². The van der Waals surface area contributed by atoms with Crippen LogP contribution in [-0.4, -0.2) is 50.1 Å². The first kappa shape index (κ1) is 30.2. The number of aromatic nitrogens is 5. The highest BCUT2D eigenvalue weighted by Gasteiger charge is 2.20. The Morgan fingerprint density at radius 3 is 2.46 bits per heavy atom. The van der Waals surface area contributed by atoms with Crippen LogP contribution in [0.25, 0.3) is 40.1 Å². The molecule has 13 heteroatoms. The average molecular weight is 637 g/mol. The Balaban J connectivity index is 1.36. The SMILES string of the molecule is CCCOc1ccc(/C=C/c2nc3s/c(=C\c4cn(-c5ccccc5)nc4-c4ccc(OC)c([N+](=O)[O-])c4)c(=O)n3n2)cc1OC. The van der Waals surface area contributed by atoms with Crippen molar-refractivity contribution < 1.29 is 19.1 Å². The predicted molar refractivity (Wildman–Crippen MR) is 176 cm³/mol. The molecule has 3 heterocycles. The smallest absolute Gasteiger partial charge is 0.311 e. The van der Waals surface area contributed by atoms with Gasteiger partial charge in [0.1, 0.15) is 5.69 Å². The van der Waals surface area contributed by atoms with Gasteiger partial charge >= 0.3 is 5.69 Å².